The second kappa shape index (κ2) is 4.66. The summed E-state index contributed by atoms with van der Waals surface area (Å²) in [5, 5.41) is 0. The molecule has 0 aromatic carbocycles. The lowest BCUT2D eigenvalue weighted by atomic mass is 10.1. The van der Waals surface area contributed by atoms with E-state index in [1.54, 1.807) is 0 Å². The van der Waals surface area contributed by atoms with Crippen LogP contribution in [0.2, 0.25) is 0 Å². The van der Waals surface area contributed by atoms with E-state index in [0.717, 1.165) is 30.9 Å². The molecule has 1 aliphatic rings. The average Bonchev–Trinajstić information content (AvgIpc) is 2.29. The fraction of sp³-hybridized carbons (Fsp3) is 0.462. The summed E-state index contributed by atoms with van der Waals surface area (Å²) in [6.45, 7) is 6.20. The van der Waals surface area contributed by atoms with E-state index >= 15 is 0 Å². The van der Waals surface area contributed by atoms with Gasteiger partial charge in [0.05, 0.1) is 0 Å². The van der Waals surface area contributed by atoms with Crippen molar-refractivity contribution in [2.24, 2.45) is 5.73 Å². The van der Waals surface area contributed by atoms with Crippen LogP contribution in [-0.4, -0.2) is 18.1 Å². The molecular weight excluding hydrogens is 198 g/mol. The van der Waals surface area contributed by atoms with Crippen molar-refractivity contribution in [1.82, 2.24) is 4.98 Å². The van der Waals surface area contributed by atoms with Crippen LogP contribution >= 0.6 is 0 Å². The Bertz CT molecular complexity index is 396. The average molecular weight is 217 g/mol. The molecule has 1 atom stereocenters. The molecule has 3 nitrogen and oxygen atoms in total. The van der Waals surface area contributed by atoms with Crippen LogP contribution in [0, 0.1) is 0 Å². The number of nitrogens with two attached hydrogens (primary N) is 1. The molecule has 0 spiro atoms. The number of hydrogen-bond acceptors (Lipinski definition) is 3. The monoisotopic (exact) mass is 217 g/mol. The first-order chi connectivity index (χ1) is 7.66. The largest absolute Gasteiger partial charge is 0.352 e. The van der Waals surface area contributed by atoms with Gasteiger partial charge in [0.15, 0.2) is 0 Å². The fourth-order valence-corrected chi connectivity index (χ4v) is 2.00. The van der Waals surface area contributed by atoms with Crippen LogP contribution in [0.3, 0.4) is 0 Å². The predicted octanol–water partition coefficient (Wildman–Crippen LogP) is 2.26. The molecule has 1 aliphatic heterocycles. The van der Waals surface area contributed by atoms with Gasteiger partial charge in [-0.05, 0) is 38.0 Å². The van der Waals surface area contributed by atoms with Crippen molar-refractivity contribution in [3.05, 3.63) is 35.5 Å². The number of rotatable bonds is 2. The third kappa shape index (κ3) is 2.42. The van der Waals surface area contributed by atoms with Crippen LogP contribution in [0.25, 0.3) is 0 Å². The number of nitrogens with zero attached hydrogens (tertiary/aromatic N) is 2. The molecule has 1 unspecified atom stereocenters. The third-order valence-electron chi connectivity index (χ3n) is 2.95. The van der Waals surface area contributed by atoms with Gasteiger partial charge >= 0.3 is 0 Å². The number of anilines is 1. The molecule has 3 heteroatoms. The molecule has 0 bridgehead atoms. The minimum absolute atomic E-state index is 0.0724. The van der Waals surface area contributed by atoms with Crippen LogP contribution in [0.5, 0.6) is 0 Å². The van der Waals surface area contributed by atoms with E-state index in [9.17, 15) is 0 Å². The molecule has 2 N–H and O–H groups in total. The van der Waals surface area contributed by atoms with Crippen LogP contribution in [0.4, 0.5) is 5.82 Å². The Morgan fingerprint density at radius 3 is 3.00 bits per heavy atom. The molecule has 0 amide bonds. The van der Waals surface area contributed by atoms with Crippen LogP contribution in [0.1, 0.15) is 31.9 Å². The highest BCUT2D eigenvalue weighted by Gasteiger charge is 2.12. The van der Waals surface area contributed by atoms with Crippen LogP contribution in [-0.2, 0) is 0 Å². The summed E-state index contributed by atoms with van der Waals surface area (Å²) in [5.41, 5.74) is 8.45. The van der Waals surface area contributed by atoms with E-state index in [-0.39, 0.29) is 6.04 Å². The molecule has 16 heavy (non-hydrogen) atoms. The molecule has 0 fully saturated rings. The normalized spacial score (nSPS) is 18.2. The van der Waals surface area contributed by atoms with Crippen molar-refractivity contribution in [3.8, 4) is 0 Å². The molecule has 86 valence electrons. The van der Waals surface area contributed by atoms with Gasteiger partial charge in [0.1, 0.15) is 5.82 Å². The highest BCUT2D eigenvalue weighted by molar-refractivity contribution is 5.44. The Kier molecular flexibility index (Phi) is 3.25. The summed E-state index contributed by atoms with van der Waals surface area (Å²) in [7, 11) is 0. The minimum Gasteiger partial charge on any atom is -0.352 e. The molecule has 1 aromatic heterocycles. The van der Waals surface area contributed by atoms with Gasteiger partial charge in [-0.25, -0.2) is 4.98 Å². The number of pyridine rings is 1. The summed E-state index contributed by atoms with van der Waals surface area (Å²) in [6.07, 6.45) is 5.25. The van der Waals surface area contributed by atoms with Gasteiger partial charge in [-0.3, -0.25) is 0 Å². The molecule has 0 saturated carbocycles. The lowest BCUT2D eigenvalue weighted by Crippen LogP contribution is -2.30. The first kappa shape index (κ1) is 11.1. The summed E-state index contributed by atoms with van der Waals surface area (Å²) >= 11 is 0. The quantitative estimate of drug-likeness (QED) is 0.773. The lowest BCUT2D eigenvalue weighted by Gasteiger charge is -2.27. The van der Waals surface area contributed by atoms with Crippen molar-refractivity contribution < 1.29 is 0 Å². The smallest absolute Gasteiger partial charge is 0.129 e. The van der Waals surface area contributed by atoms with Gasteiger partial charge in [0.25, 0.3) is 0 Å². The van der Waals surface area contributed by atoms with Gasteiger partial charge in [-0.2, -0.15) is 0 Å². The zero-order valence-corrected chi connectivity index (χ0v) is 9.98. The predicted molar refractivity (Wildman–Crippen MR) is 67.4 cm³/mol. The maximum absolute atomic E-state index is 5.88. The molecule has 0 aliphatic carbocycles. The van der Waals surface area contributed by atoms with Crippen molar-refractivity contribution in [2.45, 2.75) is 26.3 Å². The van der Waals surface area contributed by atoms with Crippen molar-refractivity contribution in [3.63, 3.8) is 0 Å². The Labute approximate surface area is 97.0 Å². The van der Waals surface area contributed by atoms with E-state index < -0.39 is 0 Å². The highest BCUT2D eigenvalue weighted by atomic mass is 15.2. The summed E-state index contributed by atoms with van der Waals surface area (Å²) in [5.74, 6) is 1.04. The maximum atomic E-state index is 5.88. The van der Waals surface area contributed by atoms with E-state index in [1.807, 2.05) is 19.2 Å². The molecule has 0 radical (unpaired) electrons. The highest BCUT2D eigenvalue weighted by Crippen LogP contribution is 2.20. The summed E-state index contributed by atoms with van der Waals surface area (Å²) < 4.78 is 0. The van der Waals surface area contributed by atoms with E-state index in [2.05, 4.69) is 29.0 Å². The van der Waals surface area contributed by atoms with Gasteiger partial charge in [-0.1, -0.05) is 11.6 Å². The maximum Gasteiger partial charge on any atom is 0.129 e. The van der Waals surface area contributed by atoms with E-state index in [1.165, 1.54) is 5.57 Å². The lowest BCUT2D eigenvalue weighted by molar-refractivity contribution is 0.768. The first-order valence-corrected chi connectivity index (χ1v) is 5.79. The zero-order valence-electron chi connectivity index (χ0n) is 9.98. The van der Waals surface area contributed by atoms with Gasteiger partial charge in [0.2, 0.25) is 0 Å². The molecular formula is C13H19N3. The van der Waals surface area contributed by atoms with Crippen molar-refractivity contribution in [2.75, 3.05) is 18.0 Å². The minimum atomic E-state index is 0.0724. The Morgan fingerprint density at radius 2 is 2.31 bits per heavy atom. The fourth-order valence-electron chi connectivity index (χ4n) is 2.00. The second-order valence-corrected chi connectivity index (χ2v) is 4.50. The second-order valence-electron chi connectivity index (χ2n) is 4.50. The number of hydrogen-bond donors (Lipinski definition) is 1. The Hall–Kier alpha value is -1.35. The van der Waals surface area contributed by atoms with Gasteiger partial charge in [-0.15, -0.1) is 0 Å². The molecule has 1 aromatic rings. The molecule has 2 heterocycles. The van der Waals surface area contributed by atoms with E-state index in [4.69, 9.17) is 5.73 Å². The third-order valence-corrected chi connectivity index (χ3v) is 2.95. The van der Waals surface area contributed by atoms with Crippen molar-refractivity contribution >= 4 is 5.82 Å². The topological polar surface area (TPSA) is 42.1 Å². The summed E-state index contributed by atoms with van der Waals surface area (Å²) in [4.78, 5) is 6.73. The standard InChI is InChI=1S/C13H19N3/c1-10-4-3-7-16(9-10)13-8-12(11(2)14)5-6-15-13/h4-6,8,11H,3,7,9,14H2,1-2H3. The Balaban J connectivity index is 2.20. The SMILES string of the molecule is CC1=CCCN(c2cc(C(C)N)ccn2)C1. The van der Waals surface area contributed by atoms with Crippen molar-refractivity contribution in [1.29, 1.82) is 0 Å². The first-order valence-electron chi connectivity index (χ1n) is 5.79. The zero-order chi connectivity index (χ0) is 11.5. The van der Waals surface area contributed by atoms with E-state index in [0.29, 0.717) is 0 Å². The molecule has 0 saturated heterocycles. The van der Waals surface area contributed by atoms with Crippen LogP contribution < -0.4 is 10.6 Å². The van der Waals surface area contributed by atoms with Crippen LogP contribution in [0.15, 0.2) is 30.0 Å². The van der Waals surface area contributed by atoms with Gasteiger partial charge in [0, 0.05) is 25.3 Å². The Morgan fingerprint density at radius 1 is 1.50 bits per heavy atom. The molecule has 2 rings (SSSR count). The number of aromatic nitrogens is 1. The summed E-state index contributed by atoms with van der Waals surface area (Å²) in [6, 6.07) is 4.16. The van der Waals surface area contributed by atoms with Gasteiger partial charge < -0.3 is 10.6 Å².